The SMILES string of the molecule is COc1ccc(C(NC(=O)COC(=O)c2ccc(-n3cccc3)cc2)c2ccc(OC)cc2)cc1. The minimum atomic E-state index is -0.565. The second-order valence-electron chi connectivity index (χ2n) is 7.76. The molecule has 178 valence electrons. The molecule has 0 aliphatic heterocycles. The zero-order chi connectivity index (χ0) is 24.6. The Hall–Kier alpha value is -4.52. The number of hydrogen-bond donors (Lipinski definition) is 1. The minimum absolute atomic E-state index is 0.371. The van der Waals surface area contributed by atoms with E-state index in [1.54, 1.807) is 26.4 Å². The normalized spacial score (nSPS) is 10.6. The van der Waals surface area contributed by atoms with Gasteiger partial charge >= 0.3 is 5.97 Å². The van der Waals surface area contributed by atoms with E-state index in [-0.39, 0.29) is 0 Å². The summed E-state index contributed by atoms with van der Waals surface area (Å²) in [7, 11) is 3.19. The number of nitrogens with one attached hydrogen (secondary N) is 1. The number of carbonyl (C=O) groups is 2. The van der Waals surface area contributed by atoms with E-state index in [9.17, 15) is 9.59 Å². The van der Waals surface area contributed by atoms with E-state index in [0.717, 1.165) is 16.8 Å². The van der Waals surface area contributed by atoms with Crippen molar-refractivity contribution in [1.29, 1.82) is 0 Å². The number of rotatable bonds is 9. The van der Waals surface area contributed by atoms with Gasteiger partial charge in [-0.2, -0.15) is 0 Å². The molecular formula is C28H26N2O5. The molecule has 1 amide bonds. The lowest BCUT2D eigenvalue weighted by Gasteiger charge is -2.20. The average Bonchev–Trinajstić information content (AvgIpc) is 3.46. The highest BCUT2D eigenvalue weighted by Gasteiger charge is 2.19. The van der Waals surface area contributed by atoms with Gasteiger partial charge in [-0.15, -0.1) is 0 Å². The Morgan fingerprint density at radius 3 is 1.77 bits per heavy atom. The van der Waals surface area contributed by atoms with E-state index in [0.29, 0.717) is 17.1 Å². The second-order valence-corrected chi connectivity index (χ2v) is 7.76. The first-order valence-electron chi connectivity index (χ1n) is 11.0. The monoisotopic (exact) mass is 470 g/mol. The Bertz CT molecular complexity index is 1200. The molecule has 0 saturated heterocycles. The van der Waals surface area contributed by atoms with Crippen LogP contribution < -0.4 is 14.8 Å². The largest absolute Gasteiger partial charge is 0.497 e. The van der Waals surface area contributed by atoms with Crippen molar-refractivity contribution in [2.45, 2.75) is 6.04 Å². The van der Waals surface area contributed by atoms with Gasteiger partial charge in [0.05, 0.1) is 25.8 Å². The molecule has 0 spiro atoms. The van der Waals surface area contributed by atoms with Crippen LogP contribution in [0, 0.1) is 0 Å². The van der Waals surface area contributed by atoms with Crippen LogP contribution in [0.2, 0.25) is 0 Å². The van der Waals surface area contributed by atoms with Gasteiger partial charge < -0.3 is 24.1 Å². The van der Waals surface area contributed by atoms with E-state index in [1.165, 1.54) is 0 Å². The Kier molecular flexibility index (Phi) is 7.47. The summed E-state index contributed by atoms with van der Waals surface area (Å²) in [6.07, 6.45) is 3.83. The molecule has 1 heterocycles. The van der Waals surface area contributed by atoms with Crippen molar-refractivity contribution < 1.29 is 23.8 Å². The first-order valence-corrected chi connectivity index (χ1v) is 11.0. The molecule has 7 heteroatoms. The van der Waals surface area contributed by atoms with Crippen LogP contribution in [0.5, 0.6) is 11.5 Å². The van der Waals surface area contributed by atoms with Crippen molar-refractivity contribution in [3.63, 3.8) is 0 Å². The third-order valence-corrected chi connectivity index (χ3v) is 5.54. The summed E-state index contributed by atoms with van der Waals surface area (Å²) >= 11 is 0. The Labute approximate surface area is 203 Å². The number of nitrogens with zero attached hydrogens (tertiary/aromatic N) is 1. The summed E-state index contributed by atoms with van der Waals surface area (Å²) < 4.78 is 17.7. The van der Waals surface area contributed by atoms with E-state index in [4.69, 9.17) is 14.2 Å². The number of carbonyl (C=O) groups excluding carboxylic acids is 2. The predicted octanol–water partition coefficient (Wildman–Crippen LogP) is 4.56. The van der Waals surface area contributed by atoms with Crippen LogP contribution >= 0.6 is 0 Å². The van der Waals surface area contributed by atoms with Crippen LogP contribution in [0.4, 0.5) is 0 Å². The molecule has 3 aromatic carbocycles. The molecule has 0 radical (unpaired) electrons. The molecule has 35 heavy (non-hydrogen) atoms. The average molecular weight is 471 g/mol. The molecule has 4 aromatic rings. The fraction of sp³-hybridized carbons (Fsp3) is 0.143. The number of benzene rings is 3. The van der Waals surface area contributed by atoms with Crippen LogP contribution in [0.15, 0.2) is 97.3 Å². The molecule has 0 aliphatic rings. The molecule has 0 bridgehead atoms. The first-order chi connectivity index (χ1) is 17.1. The highest BCUT2D eigenvalue weighted by Crippen LogP contribution is 2.26. The molecule has 7 nitrogen and oxygen atoms in total. The van der Waals surface area contributed by atoms with Crippen molar-refractivity contribution in [2.24, 2.45) is 0 Å². The van der Waals surface area contributed by atoms with Gasteiger partial charge in [-0.1, -0.05) is 24.3 Å². The Morgan fingerprint density at radius 2 is 1.29 bits per heavy atom. The first kappa shape index (κ1) is 23.6. The van der Waals surface area contributed by atoms with Gasteiger partial charge in [0.2, 0.25) is 0 Å². The lowest BCUT2D eigenvalue weighted by molar-refractivity contribution is -0.124. The van der Waals surface area contributed by atoms with E-state index in [2.05, 4.69) is 5.32 Å². The van der Waals surface area contributed by atoms with E-state index >= 15 is 0 Å². The van der Waals surface area contributed by atoms with Crippen LogP contribution in [-0.4, -0.2) is 37.3 Å². The third kappa shape index (κ3) is 5.89. The third-order valence-electron chi connectivity index (χ3n) is 5.54. The highest BCUT2D eigenvalue weighted by molar-refractivity contribution is 5.91. The van der Waals surface area contributed by atoms with Gasteiger partial charge in [-0.05, 0) is 71.8 Å². The Balaban J connectivity index is 1.42. The van der Waals surface area contributed by atoms with E-state index in [1.807, 2.05) is 89.8 Å². The molecule has 1 aromatic heterocycles. The van der Waals surface area contributed by atoms with Crippen LogP contribution in [0.25, 0.3) is 5.69 Å². The molecular weight excluding hydrogens is 444 g/mol. The van der Waals surface area contributed by atoms with Crippen molar-refractivity contribution in [3.8, 4) is 17.2 Å². The highest BCUT2D eigenvalue weighted by atomic mass is 16.5. The number of methoxy groups -OCH3 is 2. The molecule has 4 rings (SSSR count). The fourth-order valence-electron chi connectivity index (χ4n) is 3.65. The summed E-state index contributed by atoms with van der Waals surface area (Å²) in [5.74, 6) is 0.444. The number of amides is 1. The van der Waals surface area contributed by atoms with Crippen molar-refractivity contribution in [3.05, 3.63) is 114 Å². The smallest absolute Gasteiger partial charge is 0.338 e. The molecule has 0 saturated carbocycles. The van der Waals surface area contributed by atoms with Gasteiger partial charge in [0.1, 0.15) is 11.5 Å². The lowest BCUT2D eigenvalue weighted by atomic mass is 9.98. The maximum Gasteiger partial charge on any atom is 0.338 e. The molecule has 0 fully saturated rings. The zero-order valence-corrected chi connectivity index (χ0v) is 19.5. The lowest BCUT2D eigenvalue weighted by Crippen LogP contribution is -2.33. The van der Waals surface area contributed by atoms with E-state index < -0.39 is 24.5 Å². The summed E-state index contributed by atoms with van der Waals surface area (Å²) in [4.78, 5) is 25.2. The van der Waals surface area contributed by atoms with Gasteiger partial charge in [0, 0.05) is 18.1 Å². The van der Waals surface area contributed by atoms with Crippen molar-refractivity contribution in [1.82, 2.24) is 9.88 Å². The van der Waals surface area contributed by atoms with Gasteiger partial charge in [-0.25, -0.2) is 4.79 Å². The minimum Gasteiger partial charge on any atom is -0.497 e. The van der Waals surface area contributed by atoms with Crippen molar-refractivity contribution >= 4 is 11.9 Å². The Morgan fingerprint density at radius 1 is 0.771 bits per heavy atom. The fourth-order valence-corrected chi connectivity index (χ4v) is 3.65. The summed E-state index contributed by atoms with van der Waals surface area (Å²) in [6.45, 7) is -0.402. The maximum atomic E-state index is 12.8. The zero-order valence-electron chi connectivity index (χ0n) is 19.5. The van der Waals surface area contributed by atoms with Gasteiger partial charge in [-0.3, -0.25) is 4.79 Å². The molecule has 0 aliphatic carbocycles. The quantitative estimate of drug-likeness (QED) is 0.363. The molecule has 0 atom stereocenters. The second kappa shape index (κ2) is 11.1. The number of esters is 1. The number of hydrogen-bond acceptors (Lipinski definition) is 5. The predicted molar refractivity (Wildman–Crippen MR) is 132 cm³/mol. The number of ether oxygens (including phenoxy) is 3. The van der Waals surface area contributed by atoms with Gasteiger partial charge in [0.25, 0.3) is 5.91 Å². The van der Waals surface area contributed by atoms with Crippen LogP contribution in [-0.2, 0) is 9.53 Å². The van der Waals surface area contributed by atoms with Gasteiger partial charge in [0.15, 0.2) is 6.61 Å². The standard InChI is InChI=1S/C28H26N2O5/c1-33-24-13-7-20(8-14-24)27(21-9-15-25(34-2)16-10-21)29-26(31)19-35-28(32)22-5-11-23(12-6-22)30-17-3-4-18-30/h3-18,27H,19H2,1-2H3,(H,29,31). The summed E-state index contributed by atoms with van der Waals surface area (Å²) in [6, 6.07) is 25.2. The van der Waals surface area contributed by atoms with Crippen LogP contribution in [0.1, 0.15) is 27.5 Å². The van der Waals surface area contributed by atoms with Crippen molar-refractivity contribution in [2.75, 3.05) is 20.8 Å². The molecule has 0 unspecified atom stereocenters. The summed E-state index contributed by atoms with van der Waals surface area (Å²) in [5, 5.41) is 2.96. The summed E-state index contributed by atoms with van der Waals surface area (Å²) in [5.41, 5.74) is 3.01. The van der Waals surface area contributed by atoms with Crippen LogP contribution in [0.3, 0.4) is 0 Å². The molecule has 1 N–H and O–H groups in total. The maximum absolute atomic E-state index is 12.8. The topological polar surface area (TPSA) is 78.8 Å². The number of aromatic nitrogens is 1.